The van der Waals surface area contributed by atoms with Crippen LogP contribution in [0.1, 0.15) is 20.3 Å². The molecule has 0 unspecified atom stereocenters. The Kier molecular flexibility index (Phi) is 6.94. The minimum atomic E-state index is 0.897. The zero-order valence-corrected chi connectivity index (χ0v) is 7.70. The van der Waals surface area contributed by atoms with Gasteiger partial charge in [0, 0.05) is 5.70 Å². The van der Waals surface area contributed by atoms with Gasteiger partial charge in [0.05, 0.1) is 6.34 Å². The van der Waals surface area contributed by atoms with Crippen LogP contribution in [0.25, 0.3) is 0 Å². The fourth-order valence-electron chi connectivity index (χ4n) is 0.690. The maximum absolute atomic E-state index is 5.16. The Labute approximate surface area is 74.2 Å². The molecule has 0 saturated carbocycles. The molecule has 0 fully saturated rings. The summed E-state index contributed by atoms with van der Waals surface area (Å²) in [5.74, 6) is 0. The van der Waals surface area contributed by atoms with E-state index in [1.54, 1.807) is 0 Å². The first-order valence-corrected chi connectivity index (χ1v) is 4.08. The third-order valence-electron chi connectivity index (χ3n) is 1.31. The van der Waals surface area contributed by atoms with Gasteiger partial charge in [-0.1, -0.05) is 31.2 Å². The Hall–Kier alpha value is -1.31. The monoisotopic (exact) mass is 164 g/mol. The summed E-state index contributed by atoms with van der Waals surface area (Å²) in [4.78, 5) is 3.98. The number of aliphatic imine (C=N–C) groups is 1. The van der Waals surface area contributed by atoms with Gasteiger partial charge in [-0.05, 0) is 19.4 Å². The molecular formula is C10H16N2. The van der Waals surface area contributed by atoms with Gasteiger partial charge in [-0.2, -0.15) is 0 Å². The second kappa shape index (κ2) is 7.79. The van der Waals surface area contributed by atoms with Gasteiger partial charge in [0.2, 0.25) is 0 Å². The highest BCUT2D eigenvalue weighted by Crippen LogP contribution is 2.00. The zero-order valence-electron chi connectivity index (χ0n) is 7.70. The van der Waals surface area contributed by atoms with E-state index in [2.05, 4.69) is 4.99 Å². The fourth-order valence-corrected chi connectivity index (χ4v) is 0.690. The first-order valence-electron chi connectivity index (χ1n) is 4.08. The highest BCUT2D eigenvalue weighted by atomic mass is 14.8. The van der Waals surface area contributed by atoms with Crippen molar-refractivity contribution in [2.75, 3.05) is 0 Å². The SMILES string of the molecule is CC=C/C=C\C=C(/CC)N=CN. The molecule has 0 aromatic carbocycles. The van der Waals surface area contributed by atoms with Crippen LogP contribution < -0.4 is 5.73 Å². The number of hydrogen-bond donors (Lipinski definition) is 1. The Morgan fingerprint density at radius 1 is 1.33 bits per heavy atom. The van der Waals surface area contributed by atoms with Crippen LogP contribution in [0.3, 0.4) is 0 Å². The molecule has 0 aliphatic heterocycles. The number of nitrogens with two attached hydrogens (primary N) is 1. The Morgan fingerprint density at radius 2 is 2.08 bits per heavy atom. The van der Waals surface area contributed by atoms with E-state index in [-0.39, 0.29) is 0 Å². The van der Waals surface area contributed by atoms with Crippen molar-refractivity contribution in [1.82, 2.24) is 0 Å². The van der Waals surface area contributed by atoms with E-state index in [0.29, 0.717) is 0 Å². The lowest BCUT2D eigenvalue weighted by Gasteiger charge is -1.91. The highest BCUT2D eigenvalue weighted by molar-refractivity contribution is 5.53. The third kappa shape index (κ3) is 5.47. The Bertz CT molecular complexity index is 210. The Morgan fingerprint density at radius 3 is 2.58 bits per heavy atom. The molecule has 0 saturated heterocycles. The number of nitrogens with zero attached hydrogens (tertiary/aromatic N) is 1. The van der Waals surface area contributed by atoms with E-state index in [1.807, 2.05) is 44.2 Å². The van der Waals surface area contributed by atoms with Gasteiger partial charge >= 0.3 is 0 Å². The molecule has 0 aliphatic carbocycles. The summed E-state index contributed by atoms with van der Waals surface area (Å²) >= 11 is 0. The molecule has 2 nitrogen and oxygen atoms in total. The van der Waals surface area contributed by atoms with E-state index in [1.165, 1.54) is 6.34 Å². The van der Waals surface area contributed by atoms with E-state index in [0.717, 1.165) is 12.1 Å². The minimum absolute atomic E-state index is 0.897. The summed E-state index contributed by atoms with van der Waals surface area (Å²) in [6.45, 7) is 4.02. The molecular weight excluding hydrogens is 148 g/mol. The number of hydrogen-bond acceptors (Lipinski definition) is 1. The topological polar surface area (TPSA) is 38.4 Å². The molecule has 0 radical (unpaired) electrons. The van der Waals surface area contributed by atoms with E-state index in [4.69, 9.17) is 5.73 Å². The van der Waals surface area contributed by atoms with Gasteiger partial charge in [0.15, 0.2) is 0 Å². The van der Waals surface area contributed by atoms with Crippen molar-refractivity contribution in [3.8, 4) is 0 Å². The summed E-state index contributed by atoms with van der Waals surface area (Å²) < 4.78 is 0. The van der Waals surface area contributed by atoms with Crippen molar-refractivity contribution in [2.24, 2.45) is 10.7 Å². The van der Waals surface area contributed by atoms with Crippen LogP contribution in [0.4, 0.5) is 0 Å². The third-order valence-corrected chi connectivity index (χ3v) is 1.31. The van der Waals surface area contributed by atoms with Crippen LogP contribution in [-0.4, -0.2) is 6.34 Å². The van der Waals surface area contributed by atoms with Gasteiger partial charge in [-0.25, -0.2) is 4.99 Å². The molecule has 2 N–H and O–H groups in total. The minimum Gasteiger partial charge on any atom is -0.390 e. The molecule has 0 amide bonds. The maximum atomic E-state index is 5.16. The molecule has 0 atom stereocenters. The van der Waals surface area contributed by atoms with Crippen molar-refractivity contribution in [2.45, 2.75) is 20.3 Å². The number of allylic oxidation sites excluding steroid dienone is 6. The van der Waals surface area contributed by atoms with Gasteiger partial charge < -0.3 is 5.73 Å². The van der Waals surface area contributed by atoms with Gasteiger partial charge in [0.1, 0.15) is 0 Å². The molecule has 0 bridgehead atoms. The summed E-state index contributed by atoms with van der Waals surface area (Å²) in [6.07, 6.45) is 12.0. The van der Waals surface area contributed by atoms with Crippen molar-refractivity contribution < 1.29 is 0 Å². The lowest BCUT2D eigenvalue weighted by Crippen LogP contribution is -1.88. The fraction of sp³-hybridized carbons (Fsp3) is 0.300. The lowest BCUT2D eigenvalue weighted by atomic mass is 10.3. The zero-order chi connectivity index (χ0) is 9.23. The van der Waals surface area contributed by atoms with Gasteiger partial charge in [-0.3, -0.25) is 0 Å². The lowest BCUT2D eigenvalue weighted by molar-refractivity contribution is 1.07. The van der Waals surface area contributed by atoms with Crippen LogP contribution in [0.15, 0.2) is 41.1 Å². The van der Waals surface area contributed by atoms with Crippen LogP contribution in [-0.2, 0) is 0 Å². The largest absolute Gasteiger partial charge is 0.390 e. The second-order valence-corrected chi connectivity index (χ2v) is 2.20. The van der Waals surface area contributed by atoms with Gasteiger partial charge in [0.25, 0.3) is 0 Å². The van der Waals surface area contributed by atoms with E-state index in [9.17, 15) is 0 Å². The van der Waals surface area contributed by atoms with Crippen molar-refractivity contribution in [3.63, 3.8) is 0 Å². The van der Waals surface area contributed by atoms with Crippen LogP contribution in [0.2, 0.25) is 0 Å². The quantitative estimate of drug-likeness (QED) is 0.387. The van der Waals surface area contributed by atoms with Crippen molar-refractivity contribution in [1.29, 1.82) is 0 Å². The number of rotatable bonds is 4. The second-order valence-electron chi connectivity index (χ2n) is 2.20. The predicted molar refractivity (Wildman–Crippen MR) is 55.0 cm³/mol. The van der Waals surface area contributed by atoms with E-state index >= 15 is 0 Å². The molecule has 0 aromatic rings. The van der Waals surface area contributed by atoms with Crippen LogP contribution >= 0.6 is 0 Å². The average Bonchev–Trinajstić information content (AvgIpc) is 2.10. The van der Waals surface area contributed by atoms with Crippen molar-refractivity contribution >= 4 is 6.34 Å². The molecule has 0 aromatic heterocycles. The normalized spacial score (nSPS) is 14.0. The highest BCUT2D eigenvalue weighted by Gasteiger charge is 1.83. The van der Waals surface area contributed by atoms with E-state index < -0.39 is 0 Å². The summed E-state index contributed by atoms with van der Waals surface area (Å²) in [5, 5.41) is 0. The summed E-state index contributed by atoms with van der Waals surface area (Å²) in [6, 6.07) is 0. The summed E-state index contributed by atoms with van der Waals surface area (Å²) in [5.41, 5.74) is 6.15. The molecule has 12 heavy (non-hydrogen) atoms. The molecule has 66 valence electrons. The Balaban J connectivity index is 4.10. The van der Waals surface area contributed by atoms with Gasteiger partial charge in [-0.15, -0.1) is 0 Å². The summed E-state index contributed by atoms with van der Waals surface area (Å²) in [7, 11) is 0. The van der Waals surface area contributed by atoms with Crippen LogP contribution in [0.5, 0.6) is 0 Å². The smallest absolute Gasteiger partial charge is 0.0856 e. The molecule has 0 spiro atoms. The average molecular weight is 164 g/mol. The van der Waals surface area contributed by atoms with Crippen LogP contribution in [0, 0.1) is 0 Å². The standard InChI is InChI=1S/C10H16N2/c1-3-5-6-7-8-10(4-2)12-9-11/h3,5-9H,4H2,1-2H3,(H2,11,12)/b5-3?,7-6-,10-8+. The maximum Gasteiger partial charge on any atom is 0.0856 e. The predicted octanol–water partition coefficient (Wildman–Crippen LogP) is 2.40. The van der Waals surface area contributed by atoms with Crippen molar-refractivity contribution in [3.05, 3.63) is 36.1 Å². The first-order chi connectivity index (χ1) is 5.85. The molecule has 0 rings (SSSR count). The molecule has 2 heteroatoms. The molecule has 0 heterocycles. The molecule has 0 aliphatic rings. The first kappa shape index (κ1) is 10.7.